The van der Waals surface area contributed by atoms with Crippen molar-refractivity contribution in [2.24, 2.45) is 0 Å². The van der Waals surface area contributed by atoms with E-state index >= 15 is 0 Å². The van der Waals surface area contributed by atoms with Gasteiger partial charge in [-0.15, -0.1) is 0 Å². The van der Waals surface area contributed by atoms with E-state index in [0.717, 1.165) is 80.9 Å². The van der Waals surface area contributed by atoms with Crippen LogP contribution >= 0.6 is 0 Å². The Morgan fingerprint density at radius 3 is 2.37 bits per heavy atom. The zero-order valence-corrected chi connectivity index (χ0v) is 20.7. The summed E-state index contributed by atoms with van der Waals surface area (Å²) in [4.78, 5) is 31.1. The molecule has 0 saturated carbocycles. The minimum atomic E-state index is 0.0835. The van der Waals surface area contributed by atoms with Crippen molar-refractivity contribution in [3.05, 3.63) is 60.3 Å². The quantitative estimate of drug-likeness (QED) is 0.564. The number of aromatic nitrogens is 2. The number of nitrogens with zero attached hydrogens (tertiary/aromatic N) is 6. The third kappa shape index (κ3) is 3.92. The summed E-state index contributed by atoms with van der Waals surface area (Å²) in [5.41, 5.74) is 4.46. The molecule has 3 aliphatic rings. The van der Waals surface area contributed by atoms with Gasteiger partial charge in [-0.05, 0) is 62.5 Å². The third-order valence-corrected chi connectivity index (χ3v) is 8.34. The van der Waals surface area contributed by atoms with E-state index < -0.39 is 0 Å². The van der Waals surface area contributed by atoms with Crippen molar-refractivity contribution in [2.75, 3.05) is 56.6 Å². The minimum absolute atomic E-state index is 0.0835. The van der Waals surface area contributed by atoms with Gasteiger partial charge < -0.3 is 14.7 Å². The third-order valence-electron chi connectivity index (χ3n) is 8.34. The zero-order chi connectivity index (χ0) is 24.0. The molecule has 0 atom stereocenters. The molecule has 2 saturated heterocycles. The Labute approximate surface area is 207 Å². The van der Waals surface area contributed by atoms with Crippen molar-refractivity contribution in [2.45, 2.75) is 37.1 Å². The number of urea groups is 1. The second-order valence-corrected chi connectivity index (χ2v) is 10.5. The summed E-state index contributed by atoms with van der Waals surface area (Å²) in [5.74, 6) is 0.993. The van der Waals surface area contributed by atoms with Gasteiger partial charge >= 0.3 is 6.03 Å². The number of piperidine rings is 2. The summed E-state index contributed by atoms with van der Waals surface area (Å²) >= 11 is 0. The summed E-state index contributed by atoms with van der Waals surface area (Å²) in [6, 6.07) is 17.3. The van der Waals surface area contributed by atoms with Crippen molar-refractivity contribution in [1.29, 1.82) is 0 Å². The van der Waals surface area contributed by atoms with Crippen LogP contribution in [0.1, 0.15) is 31.2 Å². The molecule has 0 N–H and O–H groups in total. The molecular formula is C28H34N6O. The first kappa shape index (κ1) is 22.3. The largest absolute Gasteiger partial charge is 0.355 e. The Bertz CT molecular complexity index is 1230. The molecule has 7 heteroatoms. The normalized spacial score (nSPS) is 20.4. The number of hydrogen-bond acceptors (Lipinski definition) is 5. The van der Waals surface area contributed by atoms with Gasteiger partial charge in [0.05, 0.1) is 17.2 Å². The van der Waals surface area contributed by atoms with Gasteiger partial charge in [0.15, 0.2) is 0 Å². The maximum Gasteiger partial charge on any atom is 0.323 e. The average Bonchev–Trinajstić information content (AvgIpc) is 3.22. The second-order valence-electron chi connectivity index (χ2n) is 10.5. The summed E-state index contributed by atoms with van der Waals surface area (Å²) < 4.78 is 0. The molecule has 3 aliphatic heterocycles. The fourth-order valence-corrected chi connectivity index (χ4v) is 6.35. The van der Waals surface area contributed by atoms with Crippen LogP contribution in [0.4, 0.5) is 16.3 Å². The molecule has 182 valence electrons. The van der Waals surface area contributed by atoms with Crippen molar-refractivity contribution in [3.8, 4) is 0 Å². The van der Waals surface area contributed by atoms with Crippen LogP contribution in [0.3, 0.4) is 0 Å². The van der Waals surface area contributed by atoms with Crippen LogP contribution < -0.4 is 9.80 Å². The van der Waals surface area contributed by atoms with E-state index in [1.807, 2.05) is 49.5 Å². The molecule has 0 unspecified atom stereocenters. The molecule has 0 radical (unpaired) electrons. The number of hydrogen-bond donors (Lipinski definition) is 0. The number of fused-ring (bicyclic) bond motifs is 3. The van der Waals surface area contributed by atoms with Gasteiger partial charge in [0.2, 0.25) is 0 Å². The molecule has 2 fully saturated rings. The van der Waals surface area contributed by atoms with E-state index in [0.29, 0.717) is 6.04 Å². The van der Waals surface area contributed by atoms with Crippen LogP contribution in [0.15, 0.2) is 54.7 Å². The fraction of sp³-hybridized carbons (Fsp3) is 0.464. The molecule has 3 aromatic rings. The number of carbonyl (C=O) groups excluding carboxylic acids is 1. The Morgan fingerprint density at radius 1 is 0.943 bits per heavy atom. The number of rotatable bonds is 2. The highest BCUT2D eigenvalue weighted by atomic mass is 16.2. The van der Waals surface area contributed by atoms with E-state index in [-0.39, 0.29) is 11.4 Å². The second kappa shape index (κ2) is 8.79. The number of benzene rings is 2. The maximum absolute atomic E-state index is 12.9. The monoisotopic (exact) mass is 470 g/mol. The van der Waals surface area contributed by atoms with Gasteiger partial charge in [-0.3, -0.25) is 9.88 Å². The number of anilines is 2. The number of para-hydroxylation sites is 3. The van der Waals surface area contributed by atoms with E-state index in [2.05, 4.69) is 39.0 Å². The Balaban J connectivity index is 1.10. The average molecular weight is 471 g/mol. The first-order valence-corrected chi connectivity index (χ1v) is 12.8. The highest BCUT2D eigenvalue weighted by molar-refractivity contribution is 5.95. The van der Waals surface area contributed by atoms with E-state index in [4.69, 9.17) is 4.98 Å². The summed E-state index contributed by atoms with van der Waals surface area (Å²) in [6.07, 6.45) is 6.45. The van der Waals surface area contributed by atoms with Crippen molar-refractivity contribution < 1.29 is 4.79 Å². The van der Waals surface area contributed by atoms with Crippen LogP contribution in [-0.4, -0.2) is 78.7 Å². The summed E-state index contributed by atoms with van der Waals surface area (Å²) in [7, 11) is 3.68. The first-order valence-electron chi connectivity index (χ1n) is 12.8. The molecule has 4 heterocycles. The van der Waals surface area contributed by atoms with Crippen LogP contribution in [0, 0.1) is 0 Å². The minimum Gasteiger partial charge on any atom is -0.355 e. The lowest BCUT2D eigenvalue weighted by atomic mass is 9.74. The maximum atomic E-state index is 12.9. The molecule has 6 rings (SSSR count). The zero-order valence-electron chi connectivity index (χ0n) is 20.7. The molecule has 35 heavy (non-hydrogen) atoms. The fourth-order valence-electron chi connectivity index (χ4n) is 6.35. The Kier molecular flexibility index (Phi) is 5.60. The van der Waals surface area contributed by atoms with E-state index in [9.17, 15) is 4.79 Å². The SMILES string of the molecule is CN(C)C(=O)N1CC2(CCN(C3CCN(c4cnc5ccccc5n4)CC3)CC2)c2ccccc21. The first-order chi connectivity index (χ1) is 17.0. The molecule has 2 amide bonds. The molecular weight excluding hydrogens is 436 g/mol. The lowest BCUT2D eigenvalue weighted by Gasteiger charge is -2.45. The van der Waals surface area contributed by atoms with Gasteiger partial charge in [0, 0.05) is 50.9 Å². The highest BCUT2D eigenvalue weighted by Gasteiger charge is 2.47. The molecule has 7 nitrogen and oxygen atoms in total. The smallest absolute Gasteiger partial charge is 0.323 e. The molecule has 2 aromatic carbocycles. The number of amides is 2. The van der Waals surface area contributed by atoms with Gasteiger partial charge in [0.25, 0.3) is 0 Å². The van der Waals surface area contributed by atoms with Crippen molar-refractivity contribution in [1.82, 2.24) is 19.8 Å². The predicted octanol–water partition coefficient (Wildman–Crippen LogP) is 4.13. The van der Waals surface area contributed by atoms with Gasteiger partial charge in [-0.25, -0.2) is 9.78 Å². The predicted molar refractivity (Wildman–Crippen MR) is 140 cm³/mol. The molecule has 0 aliphatic carbocycles. The molecule has 0 bridgehead atoms. The van der Waals surface area contributed by atoms with Crippen molar-refractivity contribution >= 4 is 28.6 Å². The van der Waals surface area contributed by atoms with Crippen LogP contribution in [0.5, 0.6) is 0 Å². The standard InChI is InChI=1S/C28H34N6O/c1-31(2)27(35)34-20-28(22-7-3-6-10-25(22)34)13-17-32(18-14-28)21-11-15-33(16-12-21)26-19-29-23-8-4-5-9-24(23)30-26/h3-10,19,21H,11-18,20H2,1-2H3. The van der Waals surface area contributed by atoms with Crippen LogP contribution in [0.25, 0.3) is 11.0 Å². The van der Waals surface area contributed by atoms with Gasteiger partial charge in [0.1, 0.15) is 5.82 Å². The Morgan fingerprint density at radius 2 is 1.63 bits per heavy atom. The van der Waals surface area contributed by atoms with Crippen molar-refractivity contribution in [3.63, 3.8) is 0 Å². The topological polar surface area (TPSA) is 55.8 Å². The van der Waals surface area contributed by atoms with Crippen LogP contribution in [0.2, 0.25) is 0 Å². The molecule has 1 aromatic heterocycles. The van der Waals surface area contributed by atoms with Gasteiger partial charge in [-0.1, -0.05) is 30.3 Å². The number of likely N-dealkylation sites (tertiary alicyclic amines) is 1. The lowest BCUT2D eigenvalue weighted by molar-refractivity contribution is 0.104. The summed E-state index contributed by atoms with van der Waals surface area (Å²) in [6.45, 7) is 5.04. The molecule has 1 spiro atoms. The van der Waals surface area contributed by atoms with E-state index in [1.54, 1.807) is 4.90 Å². The van der Waals surface area contributed by atoms with Gasteiger partial charge in [-0.2, -0.15) is 0 Å². The lowest BCUT2D eigenvalue weighted by Crippen LogP contribution is -2.52. The summed E-state index contributed by atoms with van der Waals surface area (Å²) in [5, 5.41) is 0. The number of carbonyl (C=O) groups is 1. The van der Waals surface area contributed by atoms with E-state index in [1.165, 1.54) is 5.56 Å². The highest BCUT2D eigenvalue weighted by Crippen LogP contribution is 2.47. The Hall–Kier alpha value is -3.19. The van der Waals surface area contributed by atoms with Crippen LogP contribution in [-0.2, 0) is 5.41 Å².